The number of nitrogens with zero attached hydrogens (tertiary/aromatic N) is 5. The van der Waals surface area contributed by atoms with Crippen molar-refractivity contribution in [1.29, 1.82) is 0 Å². The smallest absolute Gasteiger partial charge is 0.273 e. The number of pyridine rings is 1. The first-order valence-corrected chi connectivity index (χ1v) is 11.4. The number of amides is 2. The molecule has 9 nitrogen and oxygen atoms in total. The van der Waals surface area contributed by atoms with E-state index in [0.29, 0.717) is 17.7 Å². The summed E-state index contributed by atoms with van der Waals surface area (Å²) in [5.41, 5.74) is 1.16. The third-order valence-electron chi connectivity index (χ3n) is 5.71. The first-order valence-electron chi connectivity index (χ1n) is 11.4. The van der Waals surface area contributed by atoms with Crippen molar-refractivity contribution in [3.05, 3.63) is 47.7 Å². The van der Waals surface area contributed by atoms with Crippen molar-refractivity contribution in [3.63, 3.8) is 0 Å². The fraction of sp³-hybridized carbons (Fsp3) is 0.480. The highest BCUT2D eigenvalue weighted by Gasteiger charge is 2.34. The fourth-order valence-corrected chi connectivity index (χ4v) is 3.64. The van der Waals surface area contributed by atoms with E-state index in [-0.39, 0.29) is 42.5 Å². The number of ether oxygens (including phenoxy) is 1. The molecule has 0 saturated heterocycles. The molecular formula is C25H31N5O4. The number of aromatic nitrogens is 3. The summed E-state index contributed by atoms with van der Waals surface area (Å²) in [5, 5.41) is 9.78. The highest BCUT2D eigenvalue weighted by Crippen LogP contribution is 2.27. The number of likely N-dealkylation sites (N-methyl/N-ethyl adjacent to an activating group) is 1. The lowest BCUT2D eigenvalue weighted by Gasteiger charge is -2.37. The van der Waals surface area contributed by atoms with E-state index < -0.39 is 12.1 Å². The molecule has 0 aliphatic carbocycles. The molecule has 0 saturated carbocycles. The van der Waals surface area contributed by atoms with Crippen molar-refractivity contribution < 1.29 is 19.4 Å². The van der Waals surface area contributed by atoms with Gasteiger partial charge in [0.2, 0.25) is 5.88 Å². The minimum Gasteiger partial charge on any atom is -0.472 e. The van der Waals surface area contributed by atoms with Gasteiger partial charge in [0.15, 0.2) is 0 Å². The number of aliphatic hydroxyl groups excluding tert-OH is 1. The number of carbonyl (C=O) groups excluding carboxylic acids is 2. The number of fused-ring (bicyclic) bond motifs is 1. The van der Waals surface area contributed by atoms with E-state index in [9.17, 15) is 14.7 Å². The summed E-state index contributed by atoms with van der Waals surface area (Å²) in [4.78, 5) is 41.8. The van der Waals surface area contributed by atoms with Crippen molar-refractivity contribution in [3.8, 4) is 17.7 Å². The average molecular weight is 466 g/mol. The molecule has 2 aromatic heterocycles. The Morgan fingerprint density at radius 3 is 2.82 bits per heavy atom. The van der Waals surface area contributed by atoms with Gasteiger partial charge < -0.3 is 19.6 Å². The molecule has 34 heavy (non-hydrogen) atoms. The van der Waals surface area contributed by atoms with Crippen molar-refractivity contribution >= 4 is 11.8 Å². The lowest BCUT2D eigenvalue weighted by Crippen LogP contribution is -2.50. The van der Waals surface area contributed by atoms with Gasteiger partial charge in [-0.2, -0.15) is 0 Å². The van der Waals surface area contributed by atoms with Crippen LogP contribution < -0.4 is 4.74 Å². The molecule has 3 rings (SSSR count). The predicted molar refractivity (Wildman–Crippen MR) is 126 cm³/mol. The van der Waals surface area contributed by atoms with Crippen LogP contribution in [0.5, 0.6) is 5.88 Å². The van der Waals surface area contributed by atoms with Gasteiger partial charge in [-0.15, -0.1) is 0 Å². The molecule has 1 aliphatic rings. The zero-order valence-corrected chi connectivity index (χ0v) is 20.1. The topological polar surface area (TPSA) is 109 Å². The van der Waals surface area contributed by atoms with Gasteiger partial charge in [-0.25, -0.2) is 9.97 Å². The maximum atomic E-state index is 13.4. The molecule has 1 aliphatic heterocycles. The molecule has 1 N–H and O–H groups in total. The Balaban J connectivity index is 1.93. The summed E-state index contributed by atoms with van der Waals surface area (Å²) >= 11 is 0. The second-order valence-electron chi connectivity index (χ2n) is 8.53. The van der Waals surface area contributed by atoms with Crippen LogP contribution in [-0.2, 0) is 0 Å². The van der Waals surface area contributed by atoms with E-state index in [4.69, 9.17) is 4.74 Å². The third-order valence-corrected chi connectivity index (χ3v) is 5.71. The highest BCUT2D eigenvalue weighted by atomic mass is 16.5. The van der Waals surface area contributed by atoms with Crippen molar-refractivity contribution in [1.82, 2.24) is 24.8 Å². The summed E-state index contributed by atoms with van der Waals surface area (Å²) in [7, 11) is 1.67. The lowest BCUT2D eigenvalue weighted by molar-refractivity contribution is 0.0312. The van der Waals surface area contributed by atoms with Crippen LogP contribution in [0.15, 0.2) is 30.9 Å². The number of hydrogen-bond donors (Lipinski definition) is 1. The second kappa shape index (κ2) is 11.6. The molecule has 0 fully saturated rings. The minimum absolute atomic E-state index is 0.144. The highest BCUT2D eigenvalue weighted by molar-refractivity contribution is 5.97. The molecule has 3 atom stereocenters. The van der Waals surface area contributed by atoms with Crippen LogP contribution >= 0.6 is 0 Å². The number of aliphatic hydroxyl groups is 1. The molecule has 2 aromatic rings. The Hall–Kier alpha value is -3.51. The number of hydrogen-bond acceptors (Lipinski definition) is 7. The molecule has 180 valence electrons. The second-order valence-corrected chi connectivity index (χ2v) is 8.53. The first-order chi connectivity index (χ1) is 16.3. The van der Waals surface area contributed by atoms with Crippen LogP contribution in [-0.4, -0.2) is 80.6 Å². The lowest BCUT2D eigenvalue weighted by atomic mass is 9.99. The first kappa shape index (κ1) is 25.1. The van der Waals surface area contributed by atoms with Gasteiger partial charge in [0.1, 0.15) is 17.4 Å². The summed E-state index contributed by atoms with van der Waals surface area (Å²) in [6, 6.07) is 1.29. The maximum Gasteiger partial charge on any atom is 0.273 e. The van der Waals surface area contributed by atoms with Gasteiger partial charge in [0, 0.05) is 50.1 Å². The number of unbranched alkanes of at least 4 members (excludes halogenated alkanes) is 1. The van der Waals surface area contributed by atoms with Crippen LogP contribution in [0.2, 0.25) is 0 Å². The summed E-state index contributed by atoms with van der Waals surface area (Å²) in [6.07, 6.45) is 7.23. The van der Waals surface area contributed by atoms with Crippen molar-refractivity contribution in [2.75, 3.05) is 26.7 Å². The summed E-state index contributed by atoms with van der Waals surface area (Å²) in [5.74, 6) is 5.61. The molecule has 0 radical (unpaired) electrons. The maximum absolute atomic E-state index is 13.4. The monoisotopic (exact) mass is 465 g/mol. The van der Waals surface area contributed by atoms with E-state index in [2.05, 4.69) is 26.8 Å². The van der Waals surface area contributed by atoms with Gasteiger partial charge in [0.25, 0.3) is 11.8 Å². The molecule has 0 spiro atoms. The third kappa shape index (κ3) is 5.88. The van der Waals surface area contributed by atoms with Gasteiger partial charge in [0.05, 0.1) is 25.4 Å². The van der Waals surface area contributed by atoms with Crippen LogP contribution in [0.3, 0.4) is 0 Å². The zero-order valence-electron chi connectivity index (χ0n) is 20.1. The fourth-order valence-electron chi connectivity index (χ4n) is 3.64. The molecule has 0 aromatic carbocycles. The van der Waals surface area contributed by atoms with E-state index >= 15 is 0 Å². The van der Waals surface area contributed by atoms with Crippen LogP contribution in [0, 0.1) is 17.8 Å². The quantitative estimate of drug-likeness (QED) is 0.650. The van der Waals surface area contributed by atoms with Crippen LogP contribution in [0.25, 0.3) is 0 Å². The van der Waals surface area contributed by atoms with Crippen molar-refractivity contribution in [2.24, 2.45) is 5.92 Å². The Morgan fingerprint density at radius 1 is 1.35 bits per heavy atom. The molecular weight excluding hydrogens is 434 g/mol. The molecule has 0 unspecified atom stereocenters. The van der Waals surface area contributed by atoms with E-state index in [1.807, 2.05) is 13.8 Å². The Bertz CT molecular complexity index is 1070. The van der Waals surface area contributed by atoms with Gasteiger partial charge in [-0.3, -0.25) is 14.6 Å². The summed E-state index contributed by atoms with van der Waals surface area (Å²) < 4.78 is 6.22. The Morgan fingerprint density at radius 2 is 2.15 bits per heavy atom. The van der Waals surface area contributed by atoms with Gasteiger partial charge >= 0.3 is 0 Å². The SMILES string of the molecule is CCCC#Cc1cnc2c(c1)C(=O)N([C@@H](C)CO)C[C@@H](C)[C@H](CN(C)C(=O)c1cnccn1)O2. The van der Waals surface area contributed by atoms with Crippen LogP contribution in [0.4, 0.5) is 0 Å². The Labute approximate surface area is 200 Å². The van der Waals surface area contributed by atoms with E-state index in [1.165, 1.54) is 23.5 Å². The molecule has 3 heterocycles. The normalized spacial score (nSPS) is 18.5. The average Bonchev–Trinajstić information content (AvgIpc) is 2.86. The minimum atomic E-state index is -0.449. The molecule has 2 amide bonds. The molecule has 0 bridgehead atoms. The molecule has 9 heteroatoms. The summed E-state index contributed by atoms with van der Waals surface area (Å²) in [6.45, 7) is 6.23. The number of rotatable bonds is 6. The zero-order chi connectivity index (χ0) is 24.7. The van der Waals surface area contributed by atoms with E-state index in [1.54, 1.807) is 31.1 Å². The largest absolute Gasteiger partial charge is 0.472 e. The van der Waals surface area contributed by atoms with Gasteiger partial charge in [-0.1, -0.05) is 25.7 Å². The van der Waals surface area contributed by atoms with Crippen LogP contribution in [0.1, 0.15) is 60.0 Å². The standard InChI is InChI=1S/C25H31N5O4/c1-5-6-7-8-19-11-20-23(28-12-19)34-22(17(2)14-30(24(20)32)18(3)16-31)15-29(4)25(33)21-13-26-9-10-27-21/h9-13,17-18,22,31H,5-6,14-16H2,1-4H3/t17-,18+,22+/m1/s1. The van der Waals surface area contributed by atoms with Crippen molar-refractivity contribution in [2.45, 2.75) is 45.8 Å². The predicted octanol–water partition coefficient (Wildman–Crippen LogP) is 2.02. The van der Waals surface area contributed by atoms with E-state index in [0.717, 1.165) is 12.8 Å². The Kier molecular flexibility index (Phi) is 8.55. The number of carbonyl (C=O) groups is 2. The van der Waals surface area contributed by atoms with Gasteiger partial charge in [-0.05, 0) is 19.4 Å².